The highest BCUT2D eigenvalue weighted by molar-refractivity contribution is 6.04. The Balaban J connectivity index is 1.33. The van der Waals surface area contributed by atoms with Crippen molar-refractivity contribution < 1.29 is 9.90 Å². The second-order valence-corrected chi connectivity index (χ2v) is 8.40. The number of pyridine rings is 1. The molecule has 5 heteroatoms. The molecule has 0 saturated heterocycles. The first-order valence-electron chi connectivity index (χ1n) is 10.3. The van der Waals surface area contributed by atoms with Crippen LogP contribution in [-0.2, 0) is 6.54 Å². The van der Waals surface area contributed by atoms with E-state index in [0.29, 0.717) is 35.5 Å². The molecule has 2 aliphatic carbocycles. The van der Waals surface area contributed by atoms with E-state index < -0.39 is 0 Å². The van der Waals surface area contributed by atoms with Gasteiger partial charge in [-0.05, 0) is 61.4 Å². The van der Waals surface area contributed by atoms with Crippen molar-refractivity contribution in [3.63, 3.8) is 0 Å². The van der Waals surface area contributed by atoms with Gasteiger partial charge in [0.25, 0.3) is 0 Å². The van der Waals surface area contributed by atoms with Crippen LogP contribution in [0.3, 0.4) is 0 Å². The maximum absolute atomic E-state index is 12.9. The Kier molecular flexibility index (Phi) is 4.18. The quantitative estimate of drug-likeness (QED) is 0.762. The second-order valence-electron chi connectivity index (χ2n) is 8.40. The van der Waals surface area contributed by atoms with Gasteiger partial charge in [0, 0.05) is 29.3 Å². The molecule has 2 saturated carbocycles. The molecule has 144 valence electrons. The van der Waals surface area contributed by atoms with Crippen molar-refractivity contribution in [2.75, 3.05) is 6.54 Å². The molecule has 0 atom stereocenters. The summed E-state index contributed by atoms with van der Waals surface area (Å²) in [7, 11) is 0. The lowest BCUT2D eigenvalue weighted by Gasteiger charge is -2.18. The van der Waals surface area contributed by atoms with Crippen LogP contribution < -0.4 is 0 Å². The zero-order valence-corrected chi connectivity index (χ0v) is 15.9. The molecule has 2 heterocycles. The van der Waals surface area contributed by atoms with Gasteiger partial charge in [-0.2, -0.15) is 0 Å². The van der Waals surface area contributed by atoms with E-state index in [0.717, 1.165) is 35.4 Å². The minimum absolute atomic E-state index is 0.0146. The fourth-order valence-corrected chi connectivity index (χ4v) is 4.57. The number of aromatic hydroxyl groups is 1. The molecular weight excluding hydrogens is 350 g/mol. The van der Waals surface area contributed by atoms with E-state index in [1.807, 2.05) is 6.07 Å². The molecule has 1 aliphatic heterocycles. The Bertz CT molecular complexity index is 958. The highest BCUT2D eigenvalue weighted by Gasteiger charge is 2.31. The zero-order chi connectivity index (χ0) is 19.3. The third-order valence-electron chi connectivity index (χ3n) is 6.38. The first kappa shape index (κ1) is 17.4. The maximum atomic E-state index is 12.9. The van der Waals surface area contributed by atoms with Crippen molar-refractivity contribution in [2.24, 2.45) is 0 Å². The average Bonchev–Trinajstić information content (AvgIpc) is 3.32. The molecule has 28 heavy (non-hydrogen) atoms. The van der Waals surface area contributed by atoms with Crippen molar-refractivity contribution in [2.45, 2.75) is 56.9 Å². The molecule has 2 aromatic rings. The number of Topliss-reactive ketones (excluding diaryl/α,β-unsaturated/α-hetero) is 1. The van der Waals surface area contributed by atoms with Crippen LogP contribution in [0.4, 0.5) is 0 Å². The fourth-order valence-electron chi connectivity index (χ4n) is 4.57. The molecule has 5 rings (SSSR count). The van der Waals surface area contributed by atoms with Gasteiger partial charge in [-0.3, -0.25) is 10.2 Å². The van der Waals surface area contributed by atoms with E-state index >= 15 is 0 Å². The van der Waals surface area contributed by atoms with E-state index in [2.05, 4.69) is 12.1 Å². The van der Waals surface area contributed by atoms with E-state index in [1.54, 1.807) is 17.0 Å². The van der Waals surface area contributed by atoms with Crippen molar-refractivity contribution in [3.8, 4) is 5.75 Å². The molecule has 2 N–H and O–H groups in total. The number of carbonyl (C=O) groups is 1. The number of rotatable bonds is 5. The van der Waals surface area contributed by atoms with Crippen molar-refractivity contribution in [1.29, 1.82) is 5.41 Å². The van der Waals surface area contributed by atoms with Crippen LogP contribution >= 0.6 is 0 Å². The molecular formula is C23H25N3O2. The standard InChI is InChI=1S/C23H25N3O2/c24-23-22-17(7-9-19(25-22)15-5-6-15)12-26(23)13-21(28)16-8-10-20(27)18(11-16)14-3-1-2-4-14/h7-11,14-15,24,27H,1-6,12-13H2. The molecule has 3 aliphatic rings. The molecule has 0 amide bonds. The van der Waals surface area contributed by atoms with Crippen LogP contribution in [0.2, 0.25) is 0 Å². The van der Waals surface area contributed by atoms with Crippen molar-refractivity contribution in [3.05, 3.63) is 58.4 Å². The number of nitrogens with one attached hydrogen (secondary N) is 1. The monoisotopic (exact) mass is 375 g/mol. The van der Waals surface area contributed by atoms with Gasteiger partial charge in [-0.1, -0.05) is 18.9 Å². The predicted octanol–water partition coefficient (Wildman–Crippen LogP) is 4.35. The number of phenolic OH excluding ortho intramolecular Hbond substituents is 1. The molecule has 0 radical (unpaired) electrons. The second kappa shape index (κ2) is 6.73. The molecule has 5 nitrogen and oxygen atoms in total. The molecule has 1 aromatic carbocycles. The molecule has 2 fully saturated rings. The Hall–Kier alpha value is -2.69. The SMILES string of the molecule is N=C1c2nc(C3CC3)ccc2CN1CC(=O)c1ccc(O)c(C2CCCC2)c1. The third kappa shape index (κ3) is 3.09. The Morgan fingerprint density at radius 1 is 1.11 bits per heavy atom. The summed E-state index contributed by atoms with van der Waals surface area (Å²) >= 11 is 0. The smallest absolute Gasteiger partial charge is 0.182 e. The number of carbonyl (C=O) groups excluding carboxylic acids is 1. The number of fused-ring (bicyclic) bond motifs is 1. The normalized spacial score (nSPS) is 19.3. The molecule has 0 unspecified atom stereocenters. The van der Waals surface area contributed by atoms with Crippen LogP contribution in [0.15, 0.2) is 30.3 Å². The number of amidine groups is 1. The number of ketones is 1. The highest BCUT2D eigenvalue weighted by atomic mass is 16.3. The van der Waals surface area contributed by atoms with Crippen LogP contribution in [0, 0.1) is 5.41 Å². The summed E-state index contributed by atoms with van der Waals surface area (Å²) in [5.74, 6) is 1.54. The minimum Gasteiger partial charge on any atom is -0.508 e. The number of benzene rings is 1. The Morgan fingerprint density at radius 3 is 2.64 bits per heavy atom. The van der Waals surface area contributed by atoms with Gasteiger partial charge in [0.05, 0.1) is 6.54 Å². The lowest BCUT2D eigenvalue weighted by atomic mass is 9.94. The lowest BCUT2D eigenvalue weighted by molar-refractivity contribution is 0.0962. The number of hydrogen-bond acceptors (Lipinski definition) is 4. The van der Waals surface area contributed by atoms with Gasteiger partial charge in [0.1, 0.15) is 17.3 Å². The van der Waals surface area contributed by atoms with Crippen LogP contribution in [0.5, 0.6) is 5.75 Å². The van der Waals surface area contributed by atoms with Gasteiger partial charge < -0.3 is 10.0 Å². The molecule has 1 aromatic heterocycles. The van der Waals surface area contributed by atoms with E-state index in [9.17, 15) is 9.90 Å². The average molecular weight is 375 g/mol. The number of phenols is 1. The summed E-state index contributed by atoms with van der Waals surface area (Å²) in [6.07, 6.45) is 6.89. The van der Waals surface area contributed by atoms with Crippen molar-refractivity contribution in [1.82, 2.24) is 9.88 Å². The fraction of sp³-hybridized carbons (Fsp3) is 0.435. The molecule has 0 bridgehead atoms. The maximum Gasteiger partial charge on any atom is 0.182 e. The third-order valence-corrected chi connectivity index (χ3v) is 6.38. The van der Waals surface area contributed by atoms with Gasteiger partial charge in [0.2, 0.25) is 0 Å². The van der Waals surface area contributed by atoms with Crippen molar-refractivity contribution >= 4 is 11.6 Å². The first-order valence-corrected chi connectivity index (χ1v) is 10.3. The van der Waals surface area contributed by atoms with E-state index in [4.69, 9.17) is 10.4 Å². The molecule has 0 spiro atoms. The predicted molar refractivity (Wildman–Crippen MR) is 107 cm³/mol. The summed E-state index contributed by atoms with van der Waals surface area (Å²) < 4.78 is 0. The first-order chi connectivity index (χ1) is 13.6. The van der Waals surface area contributed by atoms with E-state index in [-0.39, 0.29) is 12.3 Å². The number of hydrogen-bond donors (Lipinski definition) is 2. The van der Waals surface area contributed by atoms with Gasteiger partial charge in [0.15, 0.2) is 5.78 Å². The van der Waals surface area contributed by atoms with Gasteiger partial charge >= 0.3 is 0 Å². The van der Waals surface area contributed by atoms with Crippen LogP contribution in [-0.4, -0.2) is 33.2 Å². The number of nitrogens with zero attached hydrogens (tertiary/aromatic N) is 2. The lowest BCUT2D eigenvalue weighted by Crippen LogP contribution is -2.30. The van der Waals surface area contributed by atoms with E-state index in [1.165, 1.54) is 25.7 Å². The van der Waals surface area contributed by atoms with Crippen LogP contribution in [0.25, 0.3) is 0 Å². The summed E-state index contributed by atoms with van der Waals surface area (Å²) in [6.45, 7) is 0.730. The van der Waals surface area contributed by atoms with Gasteiger partial charge in [-0.15, -0.1) is 0 Å². The highest BCUT2D eigenvalue weighted by Crippen LogP contribution is 2.40. The summed E-state index contributed by atoms with van der Waals surface area (Å²) in [6, 6.07) is 9.35. The summed E-state index contributed by atoms with van der Waals surface area (Å²) in [5, 5.41) is 18.7. The number of aromatic nitrogens is 1. The summed E-state index contributed by atoms with van der Waals surface area (Å²) in [5.41, 5.74) is 4.36. The Morgan fingerprint density at radius 2 is 1.89 bits per heavy atom. The largest absolute Gasteiger partial charge is 0.508 e. The topological polar surface area (TPSA) is 77.3 Å². The summed E-state index contributed by atoms with van der Waals surface area (Å²) in [4.78, 5) is 19.4. The van der Waals surface area contributed by atoms with Gasteiger partial charge in [-0.25, -0.2) is 4.98 Å². The van der Waals surface area contributed by atoms with Crippen LogP contribution in [0.1, 0.15) is 83.2 Å². The zero-order valence-electron chi connectivity index (χ0n) is 15.9. The minimum atomic E-state index is -0.0146. The Labute approximate surface area is 164 Å².